The van der Waals surface area contributed by atoms with E-state index < -0.39 is 9.84 Å². The lowest BCUT2D eigenvalue weighted by molar-refractivity contribution is -0.130. The van der Waals surface area contributed by atoms with Gasteiger partial charge in [-0.3, -0.25) is 4.79 Å². The maximum absolute atomic E-state index is 12.7. The van der Waals surface area contributed by atoms with Crippen molar-refractivity contribution in [2.24, 2.45) is 4.99 Å². The molecule has 0 atom stereocenters. The summed E-state index contributed by atoms with van der Waals surface area (Å²) in [5.41, 5.74) is 4.12. The number of hydrogen-bond acceptors (Lipinski definition) is 4. The second-order valence-electron chi connectivity index (χ2n) is 7.75. The van der Waals surface area contributed by atoms with E-state index in [1.807, 2.05) is 30.0 Å². The zero-order chi connectivity index (χ0) is 22.4. The Bertz CT molecular complexity index is 1090. The molecule has 1 heterocycles. The molecular weight excluding hydrogens is 539 g/mol. The zero-order valence-electron chi connectivity index (χ0n) is 18.7. The van der Waals surface area contributed by atoms with Crippen LogP contribution in [0.15, 0.2) is 52.4 Å². The van der Waals surface area contributed by atoms with Crippen molar-refractivity contribution in [3.05, 3.63) is 64.7 Å². The van der Waals surface area contributed by atoms with Gasteiger partial charge in [0, 0.05) is 25.9 Å². The van der Waals surface area contributed by atoms with Crippen molar-refractivity contribution < 1.29 is 13.2 Å². The molecule has 1 aliphatic rings. The van der Waals surface area contributed by atoms with Crippen LogP contribution in [0.25, 0.3) is 0 Å². The molecule has 0 saturated heterocycles. The normalized spacial score (nSPS) is 13.7. The highest BCUT2D eigenvalue weighted by molar-refractivity contribution is 14.0. The number of aryl methyl sites for hydroxylation is 1. The monoisotopic (exact) mass is 570 g/mol. The molecule has 2 aromatic rings. The van der Waals surface area contributed by atoms with Gasteiger partial charge in [0.2, 0.25) is 5.91 Å². The smallest absolute Gasteiger partial charge is 0.242 e. The first-order valence-corrected chi connectivity index (χ1v) is 12.3. The summed E-state index contributed by atoms with van der Waals surface area (Å²) in [5.74, 6) is 0.589. The number of guanidine groups is 1. The van der Waals surface area contributed by atoms with Crippen molar-refractivity contribution in [2.75, 3.05) is 25.9 Å². The molecule has 0 aliphatic carbocycles. The Morgan fingerprint density at radius 3 is 2.50 bits per heavy atom. The summed E-state index contributed by atoms with van der Waals surface area (Å²) in [6, 6.07) is 13.5. The number of sulfone groups is 1. The molecule has 0 aromatic heterocycles. The van der Waals surface area contributed by atoms with E-state index >= 15 is 0 Å². The fraction of sp³-hybridized carbons (Fsp3) is 0.391. The van der Waals surface area contributed by atoms with Gasteiger partial charge in [0.05, 0.1) is 18.0 Å². The van der Waals surface area contributed by atoms with Gasteiger partial charge >= 0.3 is 0 Å². The molecular formula is C23H31IN4O3S. The number of carbonyl (C=O) groups excluding carboxylic acids is 1. The Kier molecular flexibility index (Phi) is 9.50. The minimum atomic E-state index is -3.24. The van der Waals surface area contributed by atoms with Crippen LogP contribution in [0.3, 0.4) is 0 Å². The summed E-state index contributed by atoms with van der Waals surface area (Å²) in [6.45, 7) is 6.32. The van der Waals surface area contributed by atoms with Crippen molar-refractivity contribution in [1.29, 1.82) is 0 Å². The van der Waals surface area contributed by atoms with E-state index in [0.29, 0.717) is 36.1 Å². The SMILES string of the molecule is CCNC(=NCc1ccc(S(C)(=O)=O)c(C)c1)NCC(=O)N1CCc2ccccc2C1.I. The van der Waals surface area contributed by atoms with Crippen LogP contribution in [0, 0.1) is 6.92 Å². The highest BCUT2D eigenvalue weighted by atomic mass is 127. The lowest BCUT2D eigenvalue weighted by atomic mass is 10.00. The first-order chi connectivity index (χ1) is 14.8. The molecule has 0 unspecified atom stereocenters. The molecule has 7 nitrogen and oxygen atoms in total. The van der Waals surface area contributed by atoms with Crippen LogP contribution >= 0.6 is 24.0 Å². The Balaban J connectivity index is 0.00000363. The van der Waals surface area contributed by atoms with Gasteiger partial charge in [-0.15, -0.1) is 24.0 Å². The highest BCUT2D eigenvalue weighted by Gasteiger charge is 2.20. The second-order valence-corrected chi connectivity index (χ2v) is 9.74. The molecule has 0 saturated carbocycles. The van der Waals surface area contributed by atoms with Crippen LogP contribution in [0.4, 0.5) is 0 Å². The van der Waals surface area contributed by atoms with Crippen molar-refractivity contribution >= 4 is 45.7 Å². The zero-order valence-corrected chi connectivity index (χ0v) is 21.9. The van der Waals surface area contributed by atoms with E-state index in [-0.39, 0.29) is 36.4 Å². The number of halogens is 1. The number of benzene rings is 2. The summed E-state index contributed by atoms with van der Waals surface area (Å²) < 4.78 is 23.6. The first-order valence-electron chi connectivity index (χ1n) is 10.4. The molecule has 0 bridgehead atoms. The summed E-state index contributed by atoms with van der Waals surface area (Å²) in [4.78, 5) is 19.4. The van der Waals surface area contributed by atoms with E-state index in [9.17, 15) is 13.2 Å². The second kappa shape index (κ2) is 11.6. The number of rotatable bonds is 6. The van der Waals surface area contributed by atoms with Crippen LogP contribution in [-0.4, -0.2) is 51.1 Å². The molecule has 2 aromatic carbocycles. The summed E-state index contributed by atoms with van der Waals surface area (Å²) in [5, 5.41) is 6.26. The predicted octanol–water partition coefficient (Wildman–Crippen LogP) is 2.66. The molecule has 0 radical (unpaired) electrons. The number of hydrogen-bond donors (Lipinski definition) is 2. The fourth-order valence-electron chi connectivity index (χ4n) is 3.72. The fourth-order valence-corrected chi connectivity index (χ4v) is 4.68. The van der Waals surface area contributed by atoms with E-state index in [0.717, 1.165) is 18.5 Å². The largest absolute Gasteiger partial charge is 0.357 e. The quantitative estimate of drug-likeness (QED) is 0.317. The van der Waals surface area contributed by atoms with Gasteiger partial charge in [-0.2, -0.15) is 0 Å². The van der Waals surface area contributed by atoms with E-state index in [1.165, 1.54) is 17.4 Å². The Hall–Kier alpha value is -2.14. The molecule has 3 rings (SSSR count). The third-order valence-electron chi connectivity index (χ3n) is 5.29. The standard InChI is InChI=1S/C23H30N4O3S.HI/c1-4-24-23(25-14-18-9-10-21(17(2)13-18)31(3,29)30)26-15-22(28)27-12-11-19-7-5-6-8-20(19)16-27;/h5-10,13H,4,11-12,14-16H2,1-3H3,(H2,24,25,26);1H. The average Bonchev–Trinajstić information content (AvgIpc) is 2.74. The van der Waals surface area contributed by atoms with Crippen LogP contribution in [0.2, 0.25) is 0 Å². The lowest BCUT2D eigenvalue weighted by Crippen LogP contribution is -2.45. The van der Waals surface area contributed by atoms with Gasteiger partial charge < -0.3 is 15.5 Å². The third-order valence-corrected chi connectivity index (χ3v) is 6.55. The van der Waals surface area contributed by atoms with E-state index in [2.05, 4.69) is 27.8 Å². The van der Waals surface area contributed by atoms with Crippen molar-refractivity contribution in [2.45, 2.75) is 38.3 Å². The van der Waals surface area contributed by atoms with Crippen LogP contribution in [0.1, 0.15) is 29.2 Å². The van der Waals surface area contributed by atoms with Crippen molar-refractivity contribution in [3.8, 4) is 0 Å². The lowest BCUT2D eigenvalue weighted by Gasteiger charge is -2.29. The minimum Gasteiger partial charge on any atom is -0.357 e. The minimum absolute atomic E-state index is 0. The molecule has 0 spiro atoms. The summed E-state index contributed by atoms with van der Waals surface area (Å²) in [7, 11) is -3.24. The summed E-state index contributed by atoms with van der Waals surface area (Å²) >= 11 is 0. The molecule has 2 N–H and O–H groups in total. The molecule has 1 aliphatic heterocycles. The van der Waals surface area contributed by atoms with E-state index in [4.69, 9.17) is 0 Å². The molecule has 174 valence electrons. The van der Waals surface area contributed by atoms with Crippen molar-refractivity contribution in [3.63, 3.8) is 0 Å². The molecule has 1 amide bonds. The summed E-state index contributed by atoms with van der Waals surface area (Å²) in [6.07, 6.45) is 2.08. The number of aliphatic imine (C=N–C) groups is 1. The molecule has 9 heteroatoms. The van der Waals surface area contributed by atoms with Gasteiger partial charge in [0.15, 0.2) is 15.8 Å². The maximum atomic E-state index is 12.7. The highest BCUT2D eigenvalue weighted by Crippen LogP contribution is 2.19. The number of fused-ring (bicyclic) bond motifs is 1. The van der Waals surface area contributed by atoms with Crippen molar-refractivity contribution in [1.82, 2.24) is 15.5 Å². The van der Waals surface area contributed by atoms with E-state index in [1.54, 1.807) is 19.1 Å². The molecule has 32 heavy (non-hydrogen) atoms. The number of carbonyl (C=O) groups is 1. The predicted molar refractivity (Wildman–Crippen MR) is 138 cm³/mol. The molecule has 0 fully saturated rings. The third kappa shape index (κ3) is 6.93. The van der Waals surface area contributed by atoms with Gasteiger partial charge in [0.25, 0.3) is 0 Å². The van der Waals surface area contributed by atoms with Crippen LogP contribution < -0.4 is 10.6 Å². The number of amides is 1. The number of nitrogens with one attached hydrogen (secondary N) is 2. The van der Waals surface area contributed by atoms with Gasteiger partial charge in [0.1, 0.15) is 0 Å². The maximum Gasteiger partial charge on any atom is 0.242 e. The Morgan fingerprint density at radius 1 is 1.12 bits per heavy atom. The van der Waals surface area contributed by atoms with Gasteiger partial charge in [-0.05, 0) is 48.6 Å². The number of nitrogens with zero attached hydrogens (tertiary/aromatic N) is 2. The Morgan fingerprint density at radius 2 is 1.84 bits per heavy atom. The van der Waals surface area contributed by atoms with Gasteiger partial charge in [-0.1, -0.05) is 36.4 Å². The Labute approximate surface area is 207 Å². The average molecular weight is 570 g/mol. The first kappa shape index (κ1) is 26.1. The van der Waals surface area contributed by atoms with Gasteiger partial charge in [-0.25, -0.2) is 13.4 Å². The van der Waals surface area contributed by atoms with Crippen LogP contribution in [-0.2, 0) is 34.1 Å². The topological polar surface area (TPSA) is 90.9 Å². The van der Waals surface area contributed by atoms with Crippen LogP contribution in [0.5, 0.6) is 0 Å².